The zero-order valence-corrected chi connectivity index (χ0v) is 25.9. The lowest BCUT2D eigenvalue weighted by molar-refractivity contribution is -0.913. The van der Waals surface area contributed by atoms with Crippen LogP contribution in [-0.2, 0) is 21.1 Å². The second kappa shape index (κ2) is 19.6. The molecule has 0 spiro atoms. The van der Waals surface area contributed by atoms with Gasteiger partial charge in [-0.05, 0) is 37.7 Å². The molecular weight excluding hydrogens is 664 g/mol. The van der Waals surface area contributed by atoms with Crippen molar-refractivity contribution in [2.45, 2.75) is 65.0 Å². The summed E-state index contributed by atoms with van der Waals surface area (Å²) in [6, 6.07) is 7.42. The van der Waals surface area contributed by atoms with E-state index in [9.17, 15) is 14.4 Å². The first kappa shape index (κ1) is 37.6. The molecule has 2 heterocycles. The molecule has 0 fully saturated rings. The predicted octanol–water partition coefficient (Wildman–Crippen LogP) is -2.82. The van der Waals surface area contributed by atoms with Gasteiger partial charge in [0.25, 0.3) is 0 Å². The highest BCUT2D eigenvalue weighted by atomic mass is 79.9. The zero-order chi connectivity index (χ0) is 28.7. The first-order valence-corrected chi connectivity index (χ1v) is 12.8. The van der Waals surface area contributed by atoms with Gasteiger partial charge < -0.3 is 54.6 Å². The highest BCUT2D eigenvalue weighted by molar-refractivity contribution is 5.98. The average molecular weight is 700 g/mol. The Morgan fingerprint density at radius 2 is 1.37 bits per heavy atom. The number of ketones is 1. The topological polar surface area (TPSA) is 165 Å². The molecule has 1 aliphatic carbocycles. The quantitative estimate of drug-likeness (QED) is 0.0438. The van der Waals surface area contributed by atoms with Crippen molar-refractivity contribution in [1.29, 1.82) is 0 Å². The molecule has 4 N–H and O–H groups in total. The van der Waals surface area contributed by atoms with E-state index in [1.54, 1.807) is 6.92 Å². The number of aromatic nitrogens is 2. The van der Waals surface area contributed by atoms with Gasteiger partial charge in [-0.1, -0.05) is 36.2 Å². The Bertz CT molecular complexity index is 1130. The van der Waals surface area contributed by atoms with Crippen LogP contribution in [0.15, 0.2) is 71.0 Å². The van der Waals surface area contributed by atoms with Crippen molar-refractivity contribution in [3.8, 4) is 0 Å². The number of aliphatic carboxylic acids is 2. The van der Waals surface area contributed by atoms with Gasteiger partial charge in [0.2, 0.25) is 0 Å². The number of carboxylic acid groups (broad SMARTS) is 2. The molecule has 0 aliphatic heterocycles. The maximum absolute atomic E-state index is 11.4. The number of oxime groups is 2. The monoisotopic (exact) mass is 698 g/mol. The summed E-state index contributed by atoms with van der Waals surface area (Å²) in [5, 5.41) is 41.0. The van der Waals surface area contributed by atoms with Gasteiger partial charge in [-0.25, -0.2) is 0 Å². The smallest absolute Gasteiger partial charge is 0.343 e. The van der Waals surface area contributed by atoms with Crippen molar-refractivity contribution < 1.29 is 78.1 Å². The standard InChI is InChI=1S/C15H22O5.C13H12N4O2.2BrH/c1-2-15(13(17)18,14(19)20)10-5-3-4-7-11-8-6-9-12(11)16;18-14-9-12-1-5-16(6-2-12)11-17-7-3-13(4-8-17)10-15-19;;/h8H,2-7,9-10H2,1H3,(H,17,18)(H,19,20);1-10H,11H2;2*1H. The summed E-state index contributed by atoms with van der Waals surface area (Å²) in [6.45, 7) is 2.25. The molecular formula is C28H36Br2N4O7. The number of hydrogen-bond acceptors (Lipinski definition) is 7. The fourth-order valence-electron chi connectivity index (χ4n) is 4.22. The maximum atomic E-state index is 11.4. The SMILES string of the molecule is CCC(CCCCCC1=CCCC1=O)(C(=O)O)C(=O)O.O/N=C\c1cc[n+](C[n+]2ccc(/C=N\O)cc2)cc1.[Br-].[Br-]. The van der Waals surface area contributed by atoms with E-state index in [0.29, 0.717) is 19.5 Å². The lowest BCUT2D eigenvalue weighted by Gasteiger charge is -2.22. The number of rotatable bonds is 13. The highest BCUT2D eigenvalue weighted by Gasteiger charge is 2.44. The van der Waals surface area contributed by atoms with Crippen LogP contribution in [0.3, 0.4) is 0 Å². The number of carbonyl (C=O) groups is 3. The number of hydrogen-bond donors (Lipinski definition) is 4. The molecule has 0 aromatic carbocycles. The average Bonchev–Trinajstić information content (AvgIpc) is 3.33. The number of nitrogens with zero attached hydrogens (tertiary/aromatic N) is 4. The summed E-state index contributed by atoms with van der Waals surface area (Å²) in [7, 11) is 0. The van der Waals surface area contributed by atoms with Crippen LogP contribution in [0.1, 0.15) is 69.4 Å². The number of allylic oxidation sites excluding steroid dienone is 2. The second-order valence-corrected chi connectivity index (χ2v) is 9.22. The van der Waals surface area contributed by atoms with Crippen LogP contribution in [0.25, 0.3) is 0 Å². The number of unbranched alkanes of at least 4 members (excludes halogenated alkanes) is 2. The van der Waals surface area contributed by atoms with Gasteiger partial charge >= 0.3 is 18.6 Å². The fourth-order valence-corrected chi connectivity index (χ4v) is 4.22. The first-order chi connectivity index (χ1) is 18.7. The summed E-state index contributed by atoms with van der Waals surface area (Å²) in [6.07, 6.45) is 16.8. The number of halogens is 2. The van der Waals surface area contributed by atoms with Crippen molar-refractivity contribution in [3.05, 3.63) is 71.8 Å². The normalized spacial score (nSPS) is 12.7. The van der Waals surface area contributed by atoms with Crippen LogP contribution in [0, 0.1) is 5.41 Å². The van der Waals surface area contributed by atoms with Crippen LogP contribution in [0.4, 0.5) is 0 Å². The van der Waals surface area contributed by atoms with Crippen molar-refractivity contribution in [1.82, 2.24) is 0 Å². The third kappa shape index (κ3) is 11.9. The number of carboxylic acids is 2. The molecule has 0 saturated heterocycles. The van der Waals surface area contributed by atoms with Crippen molar-refractivity contribution in [2.75, 3.05) is 0 Å². The van der Waals surface area contributed by atoms with E-state index in [1.165, 1.54) is 12.4 Å². The number of carbonyl (C=O) groups excluding carboxylic acids is 1. The van der Waals surface area contributed by atoms with Crippen LogP contribution < -0.4 is 43.1 Å². The molecule has 2 aromatic rings. The van der Waals surface area contributed by atoms with Crippen molar-refractivity contribution >= 4 is 30.2 Å². The van der Waals surface area contributed by atoms with Gasteiger partial charge in [0.15, 0.2) is 36.0 Å². The molecule has 0 bridgehead atoms. The first-order valence-electron chi connectivity index (χ1n) is 12.8. The largest absolute Gasteiger partial charge is 1.00 e. The molecule has 0 amide bonds. The summed E-state index contributed by atoms with van der Waals surface area (Å²) in [4.78, 5) is 33.7. The van der Waals surface area contributed by atoms with Gasteiger partial charge in [-0.15, -0.1) is 9.13 Å². The van der Waals surface area contributed by atoms with E-state index in [1.807, 2.05) is 64.3 Å². The molecule has 13 heteroatoms. The lowest BCUT2D eigenvalue weighted by atomic mass is 9.80. The Hall–Kier alpha value is -3.45. The van der Waals surface area contributed by atoms with E-state index in [0.717, 1.165) is 42.4 Å². The summed E-state index contributed by atoms with van der Waals surface area (Å²) >= 11 is 0. The molecule has 3 rings (SSSR count). The second-order valence-electron chi connectivity index (χ2n) is 9.22. The minimum atomic E-state index is -1.66. The van der Waals surface area contributed by atoms with E-state index >= 15 is 0 Å². The third-order valence-electron chi connectivity index (χ3n) is 6.67. The summed E-state index contributed by atoms with van der Waals surface area (Å²) in [5.41, 5.74) is 0.877. The summed E-state index contributed by atoms with van der Waals surface area (Å²) < 4.78 is 3.96. The molecule has 2 aromatic heterocycles. The van der Waals surface area contributed by atoms with Gasteiger partial charge in [0.05, 0.1) is 12.4 Å². The fraction of sp³-hybridized carbons (Fsp3) is 0.393. The van der Waals surface area contributed by atoms with Crippen LogP contribution in [0.2, 0.25) is 0 Å². The summed E-state index contributed by atoms with van der Waals surface area (Å²) in [5.74, 6) is -2.31. The molecule has 0 unspecified atom stereocenters. The molecule has 1 aliphatic rings. The van der Waals surface area contributed by atoms with Gasteiger partial charge in [0, 0.05) is 41.8 Å². The molecule has 0 atom stereocenters. The molecule has 41 heavy (non-hydrogen) atoms. The van der Waals surface area contributed by atoms with Crippen molar-refractivity contribution in [2.24, 2.45) is 15.7 Å². The predicted molar refractivity (Wildman–Crippen MR) is 141 cm³/mol. The Kier molecular flexibility index (Phi) is 17.9. The van der Waals surface area contributed by atoms with E-state index in [4.69, 9.17) is 20.6 Å². The van der Waals surface area contributed by atoms with Gasteiger partial charge in [-0.2, -0.15) is 0 Å². The Morgan fingerprint density at radius 3 is 1.73 bits per heavy atom. The van der Waals surface area contributed by atoms with Crippen molar-refractivity contribution in [3.63, 3.8) is 0 Å². The maximum Gasteiger partial charge on any atom is 0.343 e. The molecule has 0 radical (unpaired) electrons. The minimum absolute atomic E-state index is 0. The molecule has 11 nitrogen and oxygen atoms in total. The van der Waals surface area contributed by atoms with Crippen LogP contribution in [0.5, 0.6) is 0 Å². The molecule has 224 valence electrons. The van der Waals surface area contributed by atoms with Gasteiger partial charge in [-0.3, -0.25) is 14.4 Å². The van der Waals surface area contributed by atoms with E-state index < -0.39 is 17.4 Å². The van der Waals surface area contributed by atoms with E-state index in [-0.39, 0.29) is 52.6 Å². The van der Waals surface area contributed by atoms with Gasteiger partial charge in [0.1, 0.15) is 0 Å². The highest BCUT2D eigenvalue weighted by Crippen LogP contribution is 2.30. The Balaban J connectivity index is 0.000000745. The number of Topliss-reactive ketones (excluding diaryl/α,β-unsaturated/α-hetero) is 1. The molecule has 0 saturated carbocycles. The Labute approximate surface area is 260 Å². The third-order valence-corrected chi connectivity index (χ3v) is 6.67. The lowest BCUT2D eigenvalue weighted by Crippen LogP contribution is -3.00. The minimum Gasteiger partial charge on any atom is -1.00 e. The number of pyridine rings is 2. The van der Waals surface area contributed by atoms with Crippen LogP contribution in [-0.4, -0.2) is 50.8 Å². The Morgan fingerprint density at radius 1 is 0.878 bits per heavy atom. The zero-order valence-electron chi connectivity index (χ0n) is 22.8. The van der Waals surface area contributed by atoms with E-state index in [2.05, 4.69) is 10.3 Å². The van der Waals surface area contributed by atoms with Crippen LogP contribution >= 0.6 is 0 Å².